The smallest absolute Gasteiger partial charge is 0.255 e. The Bertz CT molecular complexity index is 763. The summed E-state index contributed by atoms with van der Waals surface area (Å²) in [7, 11) is 0. The molecule has 0 saturated carbocycles. The zero-order valence-electron chi connectivity index (χ0n) is 14.6. The van der Waals surface area contributed by atoms with Crippen LogP contribution < -0.4 is 15.8 Å². The summed E-state index contributed by atoms with van der Waals surface area (Å²) in [4.78, 5) is 26.6. The average Bonchev–Trinajstić information content (AvgIpc) is 2.93. The maximum atomic E-state index is 12.7. The number of amides is 2. The van der Waals surface area contributed by atoms with Crippen molar-refractivity contribution >= 4 is 11.8 Å². The first-order valence-corrected chi connectivity index (χ1v) is 8.95. The van der Waals surface area contributed by atoms with Gasteiger partial charge in [-0.25, -0.2) is 0 Å². The standard InChI is InChI=1S/C19H23N3O4/c1-11-2-5-16(18(23)21-11)22-9-12-8-13(3-4-14(12)19(22)24)26-17-6-7-25-10-15(17)20/h3-4,8,15-17H,1-2,5-7,9-10,20H2,(H,21,23)/t15-,16?,17+/m0/s1. The third kappa shape index (κ3) is 3.08. The first-order valence-electron chi connectivity index (χ1n) is 8.95. The molecule has 3 aliphatic rings. The maximum Gasteiger partial charge on any atom is 0.255 e. The van der Waals surface area contributed by atoms with Gasteiger partial charge < -0.3 is 25.4 Å². The van der Waals surface area contributed by atoms with Gasteiger partial charge in [0.25, 0.3) is 5.91 Å². The number of nitrogens with one attached hydrogen (secondary N) is 1. The molecular weight excluding hydrogens is 334 g/mol. The second-order valence-electron chi connectivity index (χ2n) is 7.08. The molecule has 1 aromatic carbocycles. The Balaban J connectivity index is 1.49. The van der Waals surface area contributed by atoms with Crippen LogP contribution in [0.15, 0.2) is 30.5 Å². The largest absolute Gasteiger partial charge is 0.489 e. The highest BCUT2D eigenvalue weighted by Crippen LogP contribution is 2.31. The van der Waals surface area contributed by atoms with Crippen molar-refractivity contribution in [3.63, 3.8) is 0 Å². The lowest BCUT2D eigenvalue weighted by atomic mass is 10.0. The molecule has 0 aromatic heterocycles. The number of carbonyl (C=O) groups is 2. The van der Waals surface area contributed by atoms with Crippen molar-refractivity contribution in [3.8, 4) is 5.75 Å². The van der Waals surface area contributed by atoms with Crippen molar-refractivity contribution in [1.29, 1.82) is 0 Å². The number of fused-ring (bicyclic) bond motifs is 1. The second kappa shape index (κ2) is 6.74. The third-order valence-corrected chi connectivity index (χ3v) is 5.23. The van der Waals surface area contributed by atoms with Crippen LogP contribution in [0.2, 0.25) is 0 Å². The fraction of sp³-hybridized carbons (Fsp3) is 0.474. The van der Waals surface area contributed by atoms with Gasteiger partial charge in [-0.05, 0) is 36.6 Å². The molecule has 2 saturated heterocycles. The summed E-state index contributed by atoms with van der Waals surface area (Å²) in [6.07, 6.45) is 1.94. The molecule has 0 aliphatic carbocycles. The van der Waals surface area contributed by atoms with Crippen LogP contribution in [-0.4, -0.2) is 48.1 Å². The lowest BCUT2D eigenvalue weighted by Crippen LogP contribution is -2.49. The van der Waals surface area contributed by atoms with E-state index in [1.54, 1.807) is 17.0 Å². The molecule has 7 heteroatoms. The summed E-state index contributed by atoms with van der Waals surface area (Å²) in [5.74, 6) is 0.427. The van der Waals surface area contributed by atoms with Crippen molar-refractivity contribution in [2.45, 2.75) is 44.0 Å². The normalized spacial score (nSPS) is 28.7. The summed E-state index contributed by atoms with van der Waals surface area (Å²) in [6.45, 7) is 5.33. The van der Waals surface area contributed by atoms with Gasteiger partial charge in [0.1, 0.15) is 17.9 Å². The Kier molecular flexibility index (Phi) is 4.42. The second-order valence-corrected chi connectivity index (χ2v) is 7.08. The van der Waals surface area contributed by atoms with E-state index < -0.39 is 6.04 Å². The number of hydrogen-bond donors (Lipinski definition) is 2. The van der Waals surface area contributed by atoms with Gasteiger partial charge >= 0.3 is 0 Å². The Morgan fingerprint density at radius 3 is 2.92 bits per heavy atom. The summed E-state index contributed by atoms with van der Waals surface area (Å²) >= 11 is 0. The van der Waals surface area contributed by atoms with Crippen LogP contribution in [0.3, 0.4) is 0 Å². The van der Waals surface area contributed by atoms with Crippen molar-refractivity contribution in [2.75, 3.05) is 13.2 Å². The average molecular weight is 357 g/mol. The first kappa shape index (κ1) is 17.1. The molecule has 1 aromatic rings. The van der Waals surface area contributed by atoms with Crippen LogP contribution >= 0.6 is 0 Å². The monoisotopic (exact) mass is 357 g/mol. The predicted molar refractivity (Wildman–Crippen MR) is 94.4 cm³/mol. The third-order valence-electron chi connectivity index (χ3n) is 5.23. The molecule has 3 atom stereocenters. The Hall–Kier alpha value is -2.38. The molecule has 0 spiro atoms. The van der Waals surface area contributed by atoms with Gasteiger partial charge in [-0.1, -0.05) is 6.58 Å². The van der Waals surface area contributed by atoms with E-state index in [0.29, 0.717) is 49.6 Å². The number of nitrogens with two attached hydrogens (primary N) is 1. The van der Waals surface area contributed by atoms with Gasteiger partial charge in [0.2, 0.25) is 5.91 Å². The van der Waals surface area contributed by atoms with Gasteiger partial charge in [0.05, 0.1) is 19.3 Å². The number of piperidine rings is 1. The summed E-state index contributed by atoms with van der Waals surface area (Å²) in [5.41, 5.74) is 8.26. The van der Waals surface area contributed by atoms with Crippen molar-refractivity contribution in [1.82, 2.24) is 10.2 Å². The highest BCUT2D eigenvalue weighted by molar-refractivity contribution is 6.01. The van der Waals surface area contributed by atoms with E-state index in [1.165, 1.54) is 0 Å². The van der Waals surface area contributed by atoms with Crippen LogP contribution in [0.1, 0.15) is 35.2 Å². The first-order chi connectivity index (χ1) is 12.5. The van der Waals surface area contributed by atoms with Gasteiger partial charge in [-0.15, -0.1) is 0 Å². The van der Waals surface area contributed by atoms with Crippen LogP contribution in [0.4, 0.5) is 0 Å². The lowest BCUT2D eigenvalue weighted by molar-refractivity contribution is -0.126. The Labute approximate surface area is 152 Å². The Morgan fingerprint density at radius 1 is 1.31 bits per heavy atom. The molecule has 3 heterocycles. The lowest BCUT2D eigenvalue weighted by Gasteiger charge is -2.30. The van der Waals surface area contributed by atoms with Gasteiger partial charge in [0.15, 0.2) is 0 Å². The SMILES string of the molecule is C=C1CCC(N2Cc3cc(O[C@@H]4CCOC[C@@H]4N)ccc3C2=O)C(=O)N1. The molecule has 2 fully saturated rings. The van der Waals surface area contributed by atoms with Crippen LogP contribution in [0, 0.1) is 0 Å². The molecule has 1 unspecified atom stereocenters. The number of hydrogen-bond acceptors (Lipinski definition) is 5. The molecule has 26 heavy (non-hydrogen) atoms. The summed E-state index contributed by atoms with van der Waals surface area (Å²) in [6, 6.07) is 4.85. The topological polar surface area (TPSA) is 93.9 Å². The van der Waals surface area contributed by atoms with Gasteiger partial charge in [0, 0.05) is 24.2 Å². The van der Waals surface area contributed by atoms with Gasteiger partial charge in [-0.3, -0.25) is 9.59 Å². The zero-order chi connectivity index (χ0) is 18.3. The Morgan fingerprint density at radius 2 is 2.15 bits per heavy atom. The molecule has 0 bridgehead atoms. The van der Waals surface area contributed by atoms with E-state index in [-0.39, 0.29) is 24.0 Å². The zero-order valence-corrected chi connectivity index (χ0v) is 14.6. The minimum Gasteiger partial charge on any atom is -0.489 e. The number of carbonyl (C=O) groups excluding carboxylic acids is 2. The molecule has 7 nitrogen and oxygen atoms in total. The number of benzene rings is 1. The van der Waals surface area contributed by atoms with Crippen molar-refractivity contribution in [2.24, 2.45) is 5.73 Å². The van der Waals surface area contributed by atoms with E-state index in [4.69, 9.17) is 15.2 Å². The molecule has 2 amide bonds. The minimum atomic E-state index is -0.450. The number of ether oxygens (including phenoxy) is 2. The maximum absolute atomic E-state index is 12.7. The van der Waals surface area contributed by atoms with Crippen molar-refractivity contribution < 1.29 is 19.1 Å². The number of allylic oxidation sites excluding steroid dienone is 1. The van der Waals surface area contributed by atoms with E-state index >= 15 is 0 Å². The van der Waals surface area contributed by atoms with Crippen LogP contribution in [0.5, 0.6) is 5.75 Å². The molecule has 3 aliphatic heterocycles. The molecule has 138 valence electrons. The summed E-state index contributed by atoms with van der Waals surface area (Å²) < 4.78 is 11.4. The van der Waals surface area contributed by atoms with E-state index in [2.05, 4.69) is 11.9 Å². The van der Waals surface area contributed by atoms with Crippen LogP contribution in [0.25, 0.3) is 0 Å². The molecule has 4 rings (SSSR count). The highest BCUT2D eigenvalue weighted by Gasteiger charge is 2.38. The fourth-order valence-corrected chi connectivity index (χ4v) is 3.77. The highest BCUT2D eigenvalue weighted by atomic mass is 16.5. The fourth-order valence-electron chi connectivity index (χ4n) is 3.77. The van der Waals surface area contributed by atoms with E-state index in [1.807, 2.05) is 6.07 Å². The quantitative estimate of drug-likeness (QED) is 0.839. The number of nitrogens with zero attached hydrogens (tertiary/aromatic N) is 1. The van der Waals surface area contributed by atoms with E-state index in [9.17, 15) is 9.59 Å². The summed E-state index contributed by atoms with van der Waals surface area (Å²) in [5, 5.41) is 2.75. The van der Waals surface area contributed by atoms with E-state index in [0.717, 1.165) is 12.0 Å². The molecular formula is C19H23N3O4. The van der Waals surface area contributed by atoms with Gasteiger partial charge in [-0.2, -0.15) is 0 Å². The molecule has 3 N–H and O–H groups in total. The van der Waals surface area contributed by atoms with Crippen LogP contribution in [-0.2, 0) is 16.1 Å². The molecule has 0 radical (unpaired) electrons. The number of rotatable bonds is 3. The van der Waals surface area contributed by atoms with Crippen molar-refractivity contribution in [3.05, 3.63) is 41.6 Å². The predicted octanol–water partition coefficient (Wildman–Crippen LogP) is 0.930. The minimum absolute atomic E-state index is 0.0925.